The average molecular weight is 265 g/mol. The van der Waals surface area contributed by atoms with Crippen molar-refractivity contribution < 1.29 is 13.2 Å². The highest BCUT2D eigenvalue weighted by molar-refractivity contribution is 7.88. The highest BCUT2D eigenvalue weighted by atomic mass is 32.2. The quantitative estimate of drug-likeness (QED) is 0.591. The van der Waals surface area contributed by atoms with E-state index in [9.17, 15) is 13.2 Å². The molecule has 0 spiro atoms. The Morgan fingerprint density at radius 2 is 1.88 bits per heavy atom. The lowest BCUT2D eigenvalue weighted by molar-refractivity contribution is -0.127. The summed E-state index contributed by atoms with van der Waals surface area (Å²) in [6.45, 7) is 3.70. The zero-order valence-corrected chi connectivity index (χ0v) is 11.9. The summed E-state index contributed by atoms with van der Waals surface area (Å²) in [5.41, 5.74) is 0. The van der Waals surface area contributed by atoms with Gasteiger partial charge in [0.15, 0.2) is 0 Å². The number of likely N-dealkylation sites (N-methyl/N-ethyl adjacent to an activating group) is 1. The van der Waals surface area contributed by atoms with Gasteiger partial charge in [0.1, 0.15) is 0 Å². The lowest BCUT2D eigenvalue weighted by Gasteiger charge is -2.17. The van der Waals surface area contributed by atoms with E-state index >= 15 is 0 Å². The lowest BCUT2D eigenvalue weighted by Crippen LogP contribution is -2.35. The first-order chi connectivity index (χ1) is 7.79. The second kappa shape index (κ2) is 7.62. The fourth-order valence-electron chi connectivity index (χ4n) is 1.29. The van der Waals surface area contributed by atoms with Crippen LogP contribution in [-0.2, 0) is 14.8 Å². The van der Waals surface area contributed by atoms with Crippen LogP contribution in [0.15, 0.2) is 0 Å². The predicted octanol–water partition coefficient (Wildman–Crippen LogP) is -0.664. The summed E-state index contributed by atoms with van der Waals surface area (Å²) in [4.78, 5) is 12.7. The van der Waals surface area contributed by atoms with Crippen molar-refractivity contribution in [3.05, 3.63) is 0 Å². The predicted molar refractivity (Wildman–Crippen MR) is 68.3 cm³/mol. The zero-order chi connectivity index (χ0) is 13.5. The van der Waals surface area contributed by atoms with Crippen LogP contribution in [0, 0.1) is 0 Å². The van der Waals surface area contributed by atoms with Gasteiger partial charge in [-0.05, 0) is 13.0 Å². The first-order valence-corrected chi connectivity index (χ1v) is 7.49. The number of carbonyl (C=O) groups is 1. The third-order valence-corrected chi connectivity index (χ3v) is 3.74. The molecule has 0 aliphatic rings. The Hall–Kier alpha value is -0.660. The van der Waals surface area contributed by atoms with Crippen LogP contribution >= 0.6 is 0 Å². The minimum absolute atomic E-state index is 0.0143. The molecule has 0 aromatic rings. The van der Waals surface area contributed by atoms with Gasteiger partial charge in [0.2, 0.25) is 15.9 Å². The van der Waals surface area contributed by atoms with Crippen LogP contribution in [0.3, 0.4) is 0 Å². The summed E-state index contributed by atoms with van der Waals surface area (Å²) < 4.78 is 24.0. The maximum Gasteiger partial charge on any atom is 0.236 e. The minimum Gasteiger partial charge on any atom is -0.348 e. The summed E-state index contributed by atoms with van der Waals surface area (Å²) >= 11 is 0. The molecule has 0 rings (SSSR count). The number of hydrogen-bond acceptors (Lipinski definition) is 4. The third kappa shape index (κ3) is 7.30. The van der Waals surface area contributed by atoms with E-state index in [0.29, 0.717) is 26.1 Å². The molecule has 0 bridgehead atoms. The monoisotopic (exact) mass is 265 g/mol. The summed E-state index contributed by atoms with van der Waals surface area (Å²) in [6, 6.07) is 0. The summed E-state index contributed by atoms with van der Waals surface area (Å²) in [6.07, 6.45) is 1.90. The third-order valence-electron chi connectivity index (χ3n) is 2.36. The van der Waals surface area contributed by atoms with Crippen LogP contribution in [0.5, 0.6) is 0 Å². The fraction of sp³-hybridized carbons (Fsp3) is 0.900. The van der Waals surface area contributed by atoms with Crippen molar-refractivity contribution in [2.24, 2.45) is 0 Å². The molecule has 0 aromatic heterocycles. The number of amides is 1. The second-order valence-electron chi connectivity index (χ2n) is 4.07. The van der Waals surface area contributed by atoms with E-state index in [1.165, 1.54) is 15.5 Å². The van der Waals surface area contributed by atoms with Crippen LogP contribution in [0.25, 0.3) is 0 Å². The molecule has 0 fully saturated rings. The maximum absolute atomic E-state index is 11.3. The van der Waals surface area contributed by atoms with Crippen molar-refractivity contribution in [2.45, 2.75) is 13.3 Å². The number of sulfonamides is 1. The molecule has 0 radical (unpaired) electrons. The van der Waals surface area contributed by atoms with Crippen LogP contribution in [0.1, 0.15) is 13.3 Å². The van der Waals surface area contributed by atoms with E-state index in [2.05, 4.69) is 5.32 Å². The van der Waals surface area contributed by atoms with E-state index < -0.39 is 10.0 Å². The minimum atomic E-state index is -3.10. The average Bonchev–Trinajstić information content (AvgIpc) is 2.20. The van der Waals surface area contributed by atoms with Crippen molar-refractivity contribution in [3.8, 4) is 0 Å². The topological polar surface area (TPSA) is 69.7 Å². The van der Waals surface area contributed by atoms with Crippen molar-refractivity contribution >= 4 is 15.9 Å². The van der Waals surface area contributed by atoms with Crippen molar-refractivity contribution in [1.82, 2.24) is 14.5 Å². The normalized spacial score (nSPS) is 11.8. The lowest BCUT2D eigenvalue weighted by atomic mass is 10.4. The van der Waals surface area contributed by atoms with E-state index in [1.54, 1.807) is 14.1 Å². The number of nitrogens with zero attached hydrogens (tertiary/aromatic N) is 2. The van der Waals surface area contributed by atoms with Crippen molar-refractivity contribution in [1.29, 1.82) is 0 Å². The highest BCUT2D eigenvalue weighted by Gasteiger charge is 2.13. The molecule has 7 heteroatoms. The number of nitrogens with one attached hydrogen (secondary N) is 1. The van der Waals surface area contributed by atoms with E-state index in [1.807, 2.05) is 6.92 Å². The Bertz CT molecular complexity index is 328. The van der Waals surface area contributed by atoms with Crippen LogP contribution in [0.4, 0.5) is 0 Å². The molecule has 0 aliphatic carbocycles. The Labute approximate surface area is 104 Å². The Kier molecular flexibility index (Phi) is 7.33. The van der Waals surface area contributed by atoms with Gasteiger partial charge in [-0.1, -0.05) is 6.92 Å². The molecule has 0 aromatic carbocycles. The molecular formula is C10H23N3O3S. The Morgan fingerprint density at radius 3 is 2.29 bits per heavy atom. The van der Waals surface area contributed by atoms with Crippen LogP contribution in [0.2, 0.25) is 0 Å². The zero-order valence-electron chi connectivity index (χ0n) is 11.1. The number of carbonyl (C=O) groups excluding carboxylic acids is 1. The summed E-state index contributed by atoms with van der Waals surface area (Å²) in [5.74, 6) is 0.0143. The van der Waals surface area contributed by atoms with E-state index in [-0.39, 0.29) is 12.5 Å². The molecule has 102 valence electrons. The van der Waals surface area contributed by atoms with Crippen LogP contribution < -0.4 is 5.32 Å². The van der Waals surface area contributed by atoms with Gasteiger partial charge >= 0.3 is 0 Å². The number of rotatable bonds is 8. The Balaban J connectivity index is 3.75. The second-order valence-corrected chi connectivity index (χ2v) is 6.06. The van der Waals surface area contributed by atoms with Crippen molar-refractivity contribution in [2.75, 3.05) is 46.5 Å². The first kappa shape index (κ1) is 16.3. The van der Waals surface area contributed by atoms with Gasteiger partial charge in [-0.25, -0.2) is 12.7 Å². The summed E-state index contributed by atoms with van der Waals surface area (Å²) in [7, 11) is 0.300. The van der Waals surface area contributed by atoms with Gasteiger partial charge in [-0.3, -0.25) is 4.79 Å². The molecule has 1 amide bonds. The number of hydrogen-bond donors (Lipinski definition) is 1. The van der Waals surface area contributed by atoms with Gasteiger partial charge in [-0.2, -0.15) is 0 Å². The maximum atomic E-state index is 11.3. The Morgan fingerprint density at radius 1 is 1.29 bits per heavy atom. The van der Waals surface area contributed by atoms with Gasteiger partial charge in [-0.15, -0.1) is 0 Å². The van der Waals surface area contributed by atoms with E-state index in [4.69, 9.17) is 0 Å². The van der Waals surface area contributed by atoms with Gasteiger partial charge in [0.25, 0.3) is 0 Å². The molecule has 1 N–H and O–H groups in total. The largest absolute Gasteiger partial charge is 0.348 e. The smallest absolute Gasteiger partial charge is 0.236 e. The molecule has 0 atom stereocenters. The van der Waals surface area contributed by atoms with Gasteiger partial charge in [0, 0.05) is 27.2 Å². The highest BCUT2D eigenvalue weighted by Crippen LogP contribution is 1.97. The SMILES string of the molecule is CCN(CCCNCC(=O)N(C)C)S(C)(=O)=O. The van der Waals surface area contributed by atoms with Gasteiger partial charge in [0.05, 0.1) is 12.8 Å². The summed E-state index contributed by atoms with van der Waals surface area (Å²) in [5, 5.41) is 2.98. The molecule has 17 heavy (non-hydrogen) atoms. The molecule has 0 saturated carbocycles. The first-order valence-electron chi connectivity index (χ1n) is 5.65. The molecular weight excluding hydrogens is 242 g/mol. The molecule has 0 heterocycles. The molecule has 6 nitrogen and oxygen atoms in total. The van der Waals surface area contributed by atoms with Crippen molar-refractivity contribution in [3.63, 3.8) is 0 Å². The van der Waals surface area contributed by atoms with Gasteiger partial charge < -0.3 is 10.2 Å². The molecule has 0 aliphatic heterocycles. The molecule has 0 saturated heterocycles. The van der Waals surface area contributed by atoms with Crippen LogP contribution in [-0.4, -0.2) is 70.1 Å². The molecule has 0 unspecified atom stereocenters. The van der Waals surface area contributed by atoms with E-state index in [0.717, 1.165) is 0 Å². The standard InChI is InChI=1S/C10H23N3O3S/c1-5-13(17(4,15)16)8-6-7-11-9-10(14)12(2)3/h11H,5-9H2,1-4H3. The fourth-order valence-corrected chi connectivity index (χ4v) is 2.22.